The summed E-state index contributed by atoms with van der Waals surface area (Å²) in [6.07, 6.45) is 6.14. The van der Waals surface area contributed by atoms with Gasteiger partial charge in [0.1, 0.15) is 5.82 Å². The van der Waals surface area contributed by atoms with Gasteiger partial charge in [0.05, 0.1) is 23.2 Å². The molecule has 0 unspecified atom stereocenters. The van der Waals surface area contributed by atoms with Gasteiger partial charge in [-0.05, 0) is 37.8 Å². The van der Waals surface area contributed by atoms with Crippen LogP contribution in [-0.4, -0.2) is 30.5 Å². The molecule has 162 valence electrons. The van der Waals surface area contributed by atoms with Crippen molar-refractivity contribution in [3.63, 3.8) is 0 Å². The molecular formula is C24H23FN6O. The van der Waals surface area contributed by atoms with Crippen LogP contribution in [0.25, 0.3) is 11.0 Å². The lowest BCUT2D eigenvalue weighted by atomic mass is 10.0. The van der Waals surface area contributed by atoms with E-state index in [0.717, 1.165) is 48.1 Å². The van der Waals surface area contributed by atoms with Gasteiger partial charge in [0.25, 0.3) is 5.91 Å². The van der Waals surface area contributed by atoms with Crippen molar-refractivity contribution in [1.82, 2.24) is 24.5 Å². The predicted molar refractivity (Wildman–Crippen MR) is 118 cm³/mol. The number of fused-ring (bicyclic) bond motifs is 1. The van der Waals surface area contributed by atoms with E-state index < -0.39 is 0 Å². The number of halogens is 1. The molecule has 0 atom stereocenters. The third-order valence-corrected chi connectivity index (χ3v) is 6.22. The van der Waals surface area contributed by atoms with Crippen LogP contribution < -0.4 is 5.32 Å². The third kappa shape index (κ3) is 3.45. The fraction of sp³-hybridized carbons (Fsp3) is 0.333. The number of hydrogen-bond acceptors (Lipinski definition) is 4. The molecule has 0 bridgehead atoms. The van der Waals surface area contributed by atoms with Crippen LogP contribution in [0.15, 0.2) is 42.6 Å². The Hall–Kier alpha value is -3.55. The van der Waals surface area contributed by atoms with Crippen molar-refractivity contribution in [1.29, 1.82) is 0 Å². The standard InChI is InChI=1S/C24H23FN6O/c1-30-23-21(22(29-30)15-8-9-15)17(12-19(26-23)14-6-7-14)24(32)27-20-10-11-31(28-20)13-16-4-2-3-5-18(16)25/h2-5,10-12,14-15H,6-9,13H2,1H3,(H,27,28,32). The van der Waals surface area contributed by atoms with Crippen molar-refractivity contribution in [3.8, 4) is 0 Å². The number of pyridine rings is 1. The van der Waals surface area contributed by atoms with Gasteiger partial charge in [0, 0.05) is 42.4 Å². The Morgan fingerprint density at radius 1 is 1.12 bits per heavy atom. The highest BCUT2D eigenvalue weighted by Gasteiger charge is 2.33. The van der Waals surface area contributed by atoms with E-state index in [0.29, 0.717) is 35.3 Å². The molecule has 8 heteroatoms. The molecule has 2 saturated carbocycles. The second-order valence-electron chi connectivity index (χ2n) is 8.79. The van der Waals surface area contributed by atoms with Gasteiger partial charge in [-0.15, -0.1) is 0 Å². The number of carbonyl (C=O) groups is 1. The van der Waals surface area contributed by atoms with E-state index in [1.165, 1.54) is 6.07 Å². The van der Waals surface area contributed by atoms with Crippen LogP contribution in [0.5, 0.6) is 0 Å². The van der Waals surface area contributed by atoms with Gasteiger partial charge in [-0.25, -0.2) is 9.37 Å². The van der Waals surface area contributed by atoms with E-state index in [1.807, 2.05) is 13.1 Å². The van der Waals surface area contributed by atoms with E-state index in [2.05, 4.69) is 10.4 Å². The van der Waals surface area contributed by atoms with E-state index >= 15 is 0 Å². The topological polar surface area (TPSA) is 77.6 Å². The Morgan fingerprint density at radius 2 is 1.91 bits per heavy atom. The van der Waals surface area contributed by atoms with Crippen molar-refractivity contribution in [2.45, 2.75) is 44.1 Å². The molecule has 1 aromatic carbocycles. The smallest absolute Gasteiger partial charge is 0.257 e. The average Bonchev–Trinajstić information content (AvgIpc) is 3.71. The van der Waals surface area contributed by atoms with Crippen LogP contribution in [0.4, 0.5) is 10.2 Å². The summed E-state index contributed by atoms with van der Waals surface area (Å²) in [5.41, 5.74) is 3.84. The van der Waals surface area contributed by atoms with Crippen LogP contribution >= 0.6 is 0 Å². The lowest BCUT2D eigenvalue weighted by Gasteiger charge is -2.08. The summed E-state index contributed by atoms with van der Waals surface area (Å²) in [6, 6.07) is 10.3. The molecule has 6 rings (SSSR count). The molecule has 1 N–H and O–H groups in total. The lowest BCUT2D eigenvalue weighted by Crippen LogP contribution is -2.15. The van der Waals surface area contributed by atoms with Crippen molar-refractivity contribution in [3.05, 3.63) is 70.9 Å². The van der Waals surface area contributed by atoms with Gasteiger partial charge >= 0.3 is 0 Å². The zero-order chi connectivity index (χ0) is 21.8. The quantitative estimate of drug-likeness (QED) is 0.493. The number of nitrogens with zero attached hydrogens (tertiary/aromatic N) is 5. The monoisotopic (exact) mass is 430 g/mol. The molecule has 2 aliphatic rings. The van der Waals surface area contributed by atoms with Crippen molar-refractivity contribution in [2.24, 2.45) is 7.05 Å². The third-order valence-electron chi connectivity index (χ3n) is 6.22. The van der Waals surface area contributed by atoms with E-state index in [4.69, 9.17) is 10.1 Å². The second-order valence-corrected chi connectivity index (χ2v) is 8.79. The lowest BCUT2D eigenvalue weighted by molar-refractivity contribution is 0.102. The zero-order valence-corrected chi connectivity index (χ0v) is 17.8. The van der Waals surface area contributed by atoms with Crippen LogP contribution in [0.2, 0.25) is 0 Å². The minimum Gasteiger partial charge on any atom is -0.305 e. The molecular weight excluding hydrogens is 407 g/mol. The van der Waals surface area contributed by atoms with E-state index in [-0.39, 0.29) is 11.7 Å². The summed E-state index contributed by atoms with van der Waals surface area (Å²) in [7, 11) is 1.89. The minimum absolute atomic E-state index is 0.217. The predicted octanol–water partition coefficient (Wildman–Crippen LogP) is 4.36. The van der Waals surface area contributed by atoms with Crippen LogP contribution in [0.3, 0.4) is 0 Å². The first kappa shape index (κ1) is 19.2. The Kier molecular flexibility index (Phi) is 4.34. The Morgan fingerprint density at radius 3 is 2.66 bits per heavy atom. The summed E-state index contributed by atoms with van der Waals surface area (Å²) >= 11 is 0. The SMILES string of the molecule is Cn1nc(C2CC2)c2c(C(=O)Nc3ccn(Cc4ccccc4F)n3)cc(C3CC3)nc21. The molecule has 1 amide bonds. The van der Waals surface area contributed by atoms with Gasteiger partial charge in [-0.2, -0.15) is 10.2 Å². The summed E-state index contributed by atoms with van der Waals surface area (Å²) in [5.74, 6) is 0.764. The van der Waals surface area contributed by atoms with Crippen LogP contribution in [0, 0.1) is 5.82 Å². The van der Waals surface area contributed by atoms with Crippen molar-refractivity contribution in [2.75, 3.05) is 5.32 Å². The highest BCUT2D eigenvalue weighted by molar-refractivity contribution is 6.12. The summed E-state index contributed by atoms with van der Waals surface area (Å²) in [5, 5.41) is 12.9. The molecule has 3 heterocycles. The number of aromatic nitrogens is 5. The van der Waals surface area contributed by atoms with Gasteiger partial charge in [-0.3, -0.25) is 14.2 Å². The molecule has 0 spiro atoms. The largest absolute Gasteiger partial charge is 0.305 e. The number of benzene rings is 1. The van der Waals surface area contributed by atoms with Gasteiger partial charge in [0.15, 0.2) is 11.5 Å². The zero-order valence-electron chi connectivity index (χ0n) is 17.8. The van der Waals surface area contributed by atoms with E-state index in [9.17, 15) is 9.18 Å². The van der Waals surface area contributed by atoms with Gasteiger partial charge in [-0.1, -0.05) is 18.2 Å². The van der Waals surface area contributed by atoms with Crippen LogP contribution in [0.1, 0.15) is 64.8 Å². The number of carbonyl (C=O) groups excluding carboxylic acids is 1. The Balaban J connectivity index is 1.32. The molecule has 32 heavy (non-hydrogen) atoms. The molecule has 3 aromatic heterocycles. The first-order chi connectivity index (χ1) is 15.6. The summed E-state index contributed by atoms with van der Waals surface area (Å²) in [6.45, 7) is 0.294. The molecule has 0 aliphatic heterocycles. The highest BCUT2D eigenvalue weighted by atomic mass is 19.1. The van der Waals surface area contributed by atoms with Gasteiger partial charge in [0.2, 0.25) is 0 Å². The Bertz CT molecular complexity index is 1350. The fourth-order valence-electron chi connectivity index (χ4n) is 4.21. The Labute approximate surface area is 184 Å². The molecule has 0 saturated heterocycles. The van der Waals surface area contributed by atoms with Crippen molar-refractivity contribution >= 4 is 22.8 Å². The van der Waals surface area contributed by atoms with E-state index in [1.54, 1.807) is 39.8 Å². The maximum atomic E-state index is 14.0. The number of anilines is 1. The normalized spacial score (nSPS) is 15.9. The fourth-order valence-corrected chi connectivity index (χ4v) is 4.21. The first-order valence-corrected chi connectivity index (χ1v) is 11.0. The minimum atomic E-state index is -0.274. The molecule has 2 fully saturated rings. The molecule has 4 aromatic rings. The maximum absolute atomic E-state index is 14.0. The number of rotatable bonds is 6. The van der Waals surface area contributed by atoms with Crippen molar-refractivity contribution < 1.29 is 9.18 Å². The number of aryl methyl sites for hydroxylation is 1. The number of nitrogens with one attached hydrogen (secondary N) is 1. The highest BCUT2D eigenvalue weighted by Crippen LogP contribution is 2.45. The molecule has 0 radical (unpaired) electrons. The molecule has 7 nitrogen and oxygen atoms in total. The number of hydrogen-bond donors (Lipinski definition) is 1. The van der Waals surface area contributed by atoms with Crippen LogP contribution in [-0.2, 0) is 13.6 Å². The second kappa shape index (κ2) is 7.25. The number of amides is 1. The summed E-state index contributed by atoms with van der Waals surface area (Å²) < 4.78 is 17.4. The maximum Gasteiger partial charge on any atom is 0.257 e. The molecule has 2 aliphatic carbocycles. The average molecular weight is 430 g/mol. The van der Waals surface area contributed by atoms with Gasteiger partial charge < -0.3 is 5.32 Å². The summed E-state index contributed by atoms with van der Waals surface area (Å²) in [4.78, 5) is 18.2. The first-order valence-electron chi connectivity index (χ1n) is 11.0.